The average molecular weight is 277 g/mol. The molecule has 0 bridgehead atoms. The Morgan fingerprint density at radius 1 is 1.19 bits per heavy atom. The number of pyridine rings is 1. The minimum absolute atomic E-state index is 0.275. The van der Waals surface area contributed by atoms with Gasteiger partial charge < -0.3 is 5.32 Å². The van der Waals surface area contributed by atoms with Crippen LogP contribution in [0, 0.1) is 0 Å². The van der Waals surface area contributed by atoms with E-state index in [0.29, 0.717) is 0 Å². The number of aromatic nitrogens is 1. The minimum Gasteiger partial charge on any atom is -0.377 e. The summed E-state index contributed by atoms with van der Waals surface area (Å²) in [6.07, 6.45) is 3.60. The summed E-state index contributed by atoms with van der Waals surface area (Å²) in [7, 11) is 0. The van der Waals surface area contributed by atoms with Crippen molar-refractivity contribution < 1.29 is 0 Å². The zero-order valence-electron chi connectivity index (χ0n) is 9.02. The Bertz CT molecular complexity index is 456. The topological polar surface area (TPSA) is 24.9 Å². The molecular formula is C13H13BrN2. The van der Waals surface area contributed by atoms with E-state index in [4.69, 9.17) is 0 Å². The van der Waals surface area contributed by atoms with Gasteiger partial charge in [-0.2, -0.15) is 0 Å². The summed E-state index contributed by atoms with van der Waals surface area (Å²) >= 11 is 3.41. The first-order chi connectivity index (χ1) is 7.75. The van der Waals surface area contributed by atoms with Crippen LogP contribution in [0.25, 0.3) is 0 Å². The van der Waals surface area contributed by atoms with E-state index < -0.39 is 0 Å². The number of halogens is 1. The first-order valence-electron chi connectivity index (χ1n) is 5.18. The third kappa shape index (κ3) is 2.83. The maximum atomic E-state index is 4.12. The lowest BCUT2D eigenvalue weighted by atomic mass is 10.1. The molecule has 1 N–H and O–H groups in total. The number of benzene rings is 1. The molecule has 0 aliphatic heterocycles. The van der Waals surface area contributed by atoms with Crippen LogP contribution in [0.4, 0.5) is 5.69 Å². The second kappa shape index (κ2) is 5.12. The number of rotatable bonds is 3. The molecule has 1 atom stereocenters. The number of anilines is 1. The van der Waals surface area contributed by atoms with Crippen molar-refractivity contribution in [2.24, 2.45) is 0 Å². The van der Waals surface area contributed by atoms with Crippen molar-refractivity contribution in [2.75, 3.05) is 5.32 Å². The summed E-state index contributed by atoms with van der Waals surface area (Å²) in [6.45, 7) is 2.14. The lowest BCUT2D eigenvalue weighted by Crippen LogP contribution is -2.06. The van der Waals surface area contributed by atoms with Crippen LogP contribution in [-0.4, -0.2) is 4.98 Å². The molecule has 1 heterocycles. The quantitative estimate of drug-likeness (QED) is 0.916. The van der Waals surface area contributed by atoms with Crippen molar-refractivity contribution in [3.63, 3.8) is 0 Å². The van der Waals surface area contributed by atoms with Gasteiger partial charge in [-0.1, -0.05) is 30.3 Å². The molecule has 82 valence electrons. The van der Waals surface area contributed by atoms with Crippen LogP contribution in [0.15, 0.2) is 53.3 Å². The summed E-state index contributed by atoms with van der Waals surface area (Å²) in [4.78, 5) is 4.12. The summed E-state index contributed by atoms with van der Waals surface area (Å²) in [5.41, 5.74) is 2.29. The van der Waals surface area contributed by atoms with E-state index >= 15 is 0 Å². The van der Waals surface area contributed by atoms with Crippen LogP contribution in [-0.2, 0) is 0 Å². The molecule has 0 unspecified atom stereocenters. The molecule has 0 spiro atoms. The highest BCUT2D eigenvalue weighted by Gasteiger charge is 2.04. The van der Waals surface area contributed by atoms with Crippen LogP contribution in [0.5, 0.6) is 0 Å². The molecular weight excluding hydrogens is 264 g/mol. The molecule has 1 aromatic carbocycles. The third-order valence-electron chi connectivity index (χ3n) is 2.39. The van der Waals surface area contributed by atoms with Gasteiger partial charge in [0.2, 0.25) is 0 Å². The number of nitrogens with zero attached hydrogens (tertiary/aromatic N) is 1. The Labute approximate surface area is 104 Å². The largest absolute Gasteiger partial charge is 0.377 e. The molecule has 2 rings (SSSR count). The Hall–Kier alpha value is -1.35. The fourth-order valence-corrected chi connectivity index (χ4v) is 1.93. The van der Waals surface area contributed by atoms with Crippen molar-refractivity contribution in [1.29, 1.82) is 0 Å². The molecule has 0 saturated heterocycles. The molecule has 0 saturated carbocycles. The first-order valence-corrected chi connectivity index (χ1v) is 5.97. The van der Waals surface area contributed by atoms with Gasteiger partial charge >= 0.3 is 0 Å². The average Bonchev–Trinajstić information content (AvgIpc) is 2.30. The molecule has 0 amide bonds. The molecule has 2 nitrogen and oxygen atoms in total. The molecule has 0 radical (unpaired) electrons. The third-order valence-corrected chi connectivity index (χ3v) is 2.82. The van der Waals surface area contributed by atoms with Crippen molar-refractivity contribution >= 4 is 21.6 Å². The van der Waals surface area contributed by atoms with Crippen molar-refractivity contribution in [3.8, 4) is 0 Å². The summed E-state index contributed by atoms with van der Waals surface area (Å²) in [5.74, 6) is 0. The van der Waals surface area contributed by atoms with Gasteiger partial charge in [0.05, 0.1) is 11.9 Å². The van der Waals surface area contributed by atoms with Crippen molar-refractivity contribution in [1.82, 2.24) is 4.98 Å². The highest BCUT2D eigenvalue weighted by molar-refractivity contribution is 9.10. The lowest BCUT2D eigenvalue weighted by molar-refractivity contribution is 0.882. The van der Waals surface area contributed by atoms with E-state index in [1.165, 1.54) is 5.56 Å². The van der Waals surface area contributed by atoms with Gasteiger partial charge in [0, 0.05) is 16.7 Å². The second-order valence-corrected chi connectivity index (χ2v) is 4.58. The van der Waals surface area contributed by atoms with E-state index in [0.717, 1.165) is 10.2 Å². The highest BCUT2D eigenvalue weighted by atomic mass is 79.9. The number of nitrogens with one attached hydrogen (secondary N) is 1. The molecule has 16 heavy (non-hydrogen) atoms. The van der Waals surface area contributed by atoms with Crippen LogP contribution >= 0.6 is 15.9 Å². The van der Waals surface area contributed by atoms with E-state index in [1.54, 1.807) is 6.20 Å². The maximum absolute atomic E-state index is 4.12. The molecule has 2 aromatic rings. The fourth-order valence-electron chi connectivity index (χ4n) is 1.57. The number of hydrogen-bond acceptors (Lipinski definition) is 2. The predicted molar refractivity (Wildman–Crippen MR) is 70.4 cm³/mol. The van der Waals surface area contributed by atoms with Gasteiger partial charge in [-0.25, -0.2) is 0 Å². The van der Waals surface area contributed by atoms with E-state index in [9.17, 15) is 0 Å². The van der Waals surface area contributed by atoms with Gasteiger partial charge in [0.1, 0.15) is 0 Å². The molecule has 1 aromatic heterocycles. The molecule has 0 aliphatic rings. The van der Waals surface area contributed by atoms with Gasteiger partial charge in [-0.15, -0.1) is 0 Å². The summed E-state index contributed by atoms with van der Waals surface area (Å²) in [5, 5.41) is 3.41. The fraction of sp³-hybridized carbons (Fsp3) is 0.154. The number of hydrogen-bond donors (Lipinski definition) is 1. The lowest BCUT2D eigenvalue weighted by Gasteiger charge is -2.15. The molecule has 0 fully saturated rings. The van der Waals surface area contributed by atoms with E-state index in [2.05, 4.69) is 45.3 Å². The molecule has 0 aliphatic carbocycles. The van der Waals surface area contributed by atoms with Crippen LogP contribution < -0.4 is 5.32 Å². The Balaban J connectivity index is 2.11. The minimum atomic E-state index is 0.275. The van der Waals surface area contributed by atoms with Gasteiger partial charge in [-0.3, -0.25) is 4.98 Å². The smallest absolute Gasteiger partial charge is 0.0542 e. The van der Waals surface area contributed by atoms with Crippen molar-refractivity contribution in [2.45, 2.75) is 13.0 Å². The highest BCUT2D eigenvalue weighted by Crippen LogP contribution is 2.20. The van der Waals surface area contributed by atoms with E-state index in [-0.39, 0.29) is 6.04 Å². The van der Waals surface area contributed by atoms with Gasteiger partial charge in [0.15, 0.2) is 0 Å². The van der Waals surface area contributed by atoms with Gasteiger partial charge in [0.25, 0.3) is 0 Å². The van der Waals surface area contributed by atoms with Crippen molar-refractivity contribution in [3.05, 3.63) is 58.8 Å². The summed E-state index contributed by atoms with van der Waals surface area (Å²) < 4.78 is 0.984. The van der Waals surface area contributed by atoms with Gasteiger partial charge in [-0.05, 0) is 34.5 Å². The zero-order chi connectivity index (χ0) is 11.4. The Morgan fingerprint density at radius 3 is 2.62 bits per heavy atom. The normalized spacial score (nSPS) is 12.1. The Morgan fingerprint density at radius 2 is 1.94 bits per heavy atom. The SMILES string of the molecule is C[C@H](Nc1cncc(Br)c1)c1ccccc1. The molecule has 3 heteroatoms. The van der Waals surface area contributed by atoms with Crippen LogP contribution in [0.3, 0.4) is 0 Å². The second-order valence-electron chi connectivity index (χ2n) is 3.67. The standard InChI is InChI=1S/C13H13BrN2/c1-10(11-5-3-2-4-6-11)16-13-7-12(14)8-15-9-13/h2-10,16H,1H3/t10-/m0/s1. The zero-order valence-corrected chi connectivity index (χ0v) is 10.6. The van der Waals surface area contributed by atoms with E-state index in [1.807, 2.05) is 30.5 Å². The Kier molecular flexibility index (Phi) is 3.57. The monoisotopic (exact) mass is 276 g/mol. The van der Waals surface area contributed by atoms with Crippen LogP contribution in [0.2, 0.25) is 0 Å². The predicted octanol–water partition coefficient (Wildman–Crippen LogP) is 4.02. The first kappa shape index (κ1) is 11.1. The maximum Gasteiger partial charge on any atom is 0.0542 e. The van der Waals surface area contributed by atoms with Crippen LogP contribution in [0.1, 0.15) is 18.5 Å². The summed E-state index contributed by atoms with van der Waals surface area (Å²) in [6, 6.07) is 12.6.